The van der Waals surface area contributed by atoms with Gasteiger partial charge in [0.1, 0.15) is 5.84 Å². The zero-order chi connectivity index (χ0) is 18.3. The third-order valence-electron chi connectivity index (χ3n) is 6.19. The number of fused-ring (bicyclic) bond motifs is 1. The van der Waals surface area contributed by atoms with Gasteiger partial charge in [-0.2, -0.15) is 10.4 Å². The summed E-state index contributed by atoms with van der Waals surface area (Å²) >= 11 is 0. The molecule has 0 spiro atoms. The maximum Gasteiger partial charge on any atom is 0.148 e. The van der Waals surface area contributed by atoms with Gasteiger partial charge in [0, 0.05) is 19.1 Å². The smallest absolute Gasteiger partial charge is 0.148 e. The van der Waals surface area contributed by atoms with Gasteiger partial charge in [-0.15, -0.1) is 0 Å². The van der Waals surface area contributed by atoms with Gasteiger partial charge in [0.2, 0.25) is 0 Å². The number of nitrogens with one attached hydrogen (secondary N) is 1. The molecule has 5 nitrogen and oxygen atoms in total. The zero-order valence-electron chi connectivity index (χ0n) is 15.9. The molecule has 3 atom stereocenters. The molecule has 3 aliphatic rings. The SMILES string of the molecule is CC1=CC(N2CC[C@@H]3CCN(C)C[C@@H]32)=NNC1c1ccc(C#N)cc1C. The van der Waals surface area contributed by atoms with Gasteiger partial charge in [-0.05, 0) is 81.1 Å². The van der Waals surface area contributed by atoms with Crippen molar-refractivity contribution in [1.82, 2.24) is 15.2 Å². The van der Waals surface area contributed by atoms with Gasteiger partial charge in [0.25, 0.3) is 0 Å². The molecular formula is C21H27N5. The lowest BCUT2D eigenvalue weighted by Gasteiger charge is -2.38. The van der Waals surface area contributed by atoms with Crippen molar-refractivity contribution >= 4 is 5.84 Å². The second-order valence-corrected chi connectivity index (χ2v) is 7.96. The largest absolute Gasteiger partial charge is 0.351 e. The number of nitriles is 1. The highest BCUT2D eigenvalue weighted by Crippen LogP contribution is 2.34. The minimum Gasteiger partial charge on any atom is -0.351 e. The first-order chi connectivity index (χ1) is 12.6. The van der Waals surface area contributed by atoms with Crippen molar-refractivity contribution < 1.29 is 0 Å². The van der Waals surface area contributed by atoms with E-state index in [1.54, 1.807) is 0 Å². The average molecular weight is 349 g/mol. The lowest BCUT2D eigenvalue weighted by Crippen LogP contribution is -2.49. The Kier molecular flexibility index (Phi) is 4.46. The van der Waals surface area contributed by atoms with Crippen LogP contribution in [0.15, 0.2) is 34.9 Å². The summed E-state index contributed by atoms with van der Waals surface area (Å²) in [4.78, 5) is 4.94. The number of amidine groups is 1. The summed E-state index contributed by atoms with van der Waals surface area (Å²) in [7, 11) is 2.22. The van der Waals surface area contributed by atoms with E-state index in [0.717, 1.165) is 30.4 Å². The van der Waals surface area contributed by atoms with E-state index >= 15 is 0 Å². The van der Waals surface area contributed by atoms with Crippen molar-refractivity contribution in [2.75, 3.05) is 26.7 Å². The molecule has 1 aromatic carbocycles. The Morgan fingerprint density at radius 1 is 1.23 bits per heavy atom. The molecule has 2 saturated heterocycles. The summed E-state index contributed by atoms with van der Waals surface area (Å²) in [6.45, 7) is 7.69. The highest BCUT2D eigenvalue weighted by Gasteiger charge is 2.39. The number of piperidine rings is 1. The summed E-state index contributed by atoms with van der Waals surface area (Å²) in [5.74, 6) is 1.88. The topological polar surface area (TPSA) is 54.7 Å². The summed E-state index contributed by atoms with van der Waals surface area (Å²) < 4.78 is 0. The van der Waals surface area contributed by atoms with Crippen molar-refractivity contribution in [2.24, 2.45) is 11.0 Å². The van der Waals surface area contributed by atoms with Gasteiger partial charge in [-0.1, -0.05) is 6.07 Å². The Hall–Kier alpha value is -2.32. The van der Waals surface area contributed by atoms with Crippen LogP contribution in [0, 0.1) is 24.2 Å². The number of rotatable bonds is 1. The minimum atomic E-state index is 0.0823. The molecule has 136 valence electrons. The fraction of sp³-hybridized carbons (Fsp3) is 0.524. The average Bonchev–Trinajstić information content (AvgIpc) is 3.05. The van der Waals surface area contributed by atoms with Crippen molar-refractivity contribution in [2.45, 2.75) is 38.8 Å². The van der Waals surface area contributed by atoms with Crippen LogP contribution in [0.4, 0.5) is 0 Å². The molecule has 5 heteroatoms. The molecule has 4 rings (SSSR count). The summed E-state index contributed by atoms with van der Waals surface area (Å²) in [5.41, 5.74) is 7.68. The number of likely N-dealkylation sites (tertiary alicyclic amines) is 2. The molecule has 1 unspecified atom stereocenters. The van der Waals surface area contributed by atoms with Crippen molar-refractivity contribution in [3.63, 3.8) is 0 Å². The van der Waals surface area contributed by atoms with Crippen molar-refractivity contribution in [1.29, 1.82) is 5.26 Å². The van der Waals surface area contributed by atoms with Crippen molar-refractivity contribution in [3.05, 3.63) is 46.5 Å². The normalized spacial score (nSPS) is 28.7. The fourth-order valence-corrected chi connectivity index (χ4v) is 4.67. The van der Waals surface area contributed by atoms with E-state index in [-0.39, 0.29) is 6.04 Å². The third kappa shape index (κ3) is 2.99. The van der Waals surface area contributed by atoms with Crippen LogP contribution in [-0.4, -0.2) is 48.4 Å². The molecule has 0 radical (unpaired) electrons. The van der Waals surface area contributed by atoms with E-state index in [9.17, 15) is 0 Å². The van der Waals surface area contributed by atoms with Crippen LogP contribution in [0.2, 0.25) is 0 Å². The standard InChI is InChI=1S/C21H27N5/c1-14-10-16(12-22)4-5-18(14)21-15(2)11-20(23-24-21)26-9-7-17-6-8-25(3)13-19(17)26/h4-5,10-11,17,19,21,24H,6-9,13H2,1-3H3/t17-,19-,21?/m0/s1. The van der Waals surface area contributed by atoms with E-state index in [0.29, 0.717) is 11.6 Å². The Labute approximate surface area is 156 Å². The lowest BCUT2D eigenvalue weighted by atomic mass is 9.92. The second-order valence-electron chi connectivity index (χ2n) is 7.96. The number of hydrazone groups is 1. The lowest BCUT2D eigenvalue weighted by molar-refractivity contribution is 0.160. The van der Waals surface area contributed by atoms with Gasteiger partial charge in [0.15, 0.2) is 0 Å². The van der Waals surface area contributed by atoms with Gasteiger partial charge in [0.05, 0.1) is 17.7 Å². The zero-order valence-corrected chi connectivity index (χ0v) is 15.9. The van der Waals surface area contributed by atoms with E-state index in [1.807, 2.05) is 18.2 Å². The molecule has 26 heavy (non-hydrogen) atoms. The molecule has 0 saturated carbocycles. The first-order valence-corrected chi connectivity index (χ1v) is 9.54. The number of benzene rings is 1. The molecule has 3 aliphatic heterocycles. The summed E-state index contributed by atoms with van der Waals surface area (Å²) in [6.07, 6.45) is 4.83. The Morgan fingerprint density at radius 3 is 2.77 bits per heavy atom. The fourth-order valence-electron chi connectivity index (χ4n) is 4.67. The molecule has 0 amide bonds. The maximum atomic E-state index is 9.08. The molecule has 3 heterocycles. The first kappa shape index (κ1) is 17.1. The van der Waals surface area contributed by atoms with Gasteiger partial charge >= 0.3 is 0 Å². The number of hydrogen-bond acceptors (Lipinski definition) is 5. The third-order valence-corrected chi connectivity index (χ3v) is 6.19. The van der Waals surface area contributed by atoms with E-state index in [4.69, 9.17) is 10.4 Å². The monoisotopic (exact) mass is 349 g/mol. The molecule has 2 fully saturated rings. The van der Waals surface area contributed by atoms with Crippen LogP contribution >= 0.6 is 0 Å². The Balaban J connectivity index is 1.54. The highest BCUT2D eigenvalue weighted by molar-refractivity contribution is 5.94. The van der Waals surface area contributed by atoms with Crippen LogP contribution in [0.5, 0.6) is 0 Å². The van der Waals surface area contributed by atoms with E-state index < -0.39 is 0 Å². The predicted molar refractivity (Wildman–Crippen MR) is 104 cm³/mol. The van der Waals surface area contributed by atoms with Crippen LogP contribution < -0.4 is 5.43 Å². The van der Waals surface area contributed by atoms with Gasteiger partial charge in [-0.3, -0.25) is 5.43 Å². The summed E-state index contributed by atoms with van der Waals surface area (Å²) in [5, 5.41) is 13.8. The Bertz CT molecular complexity index is 803. The minimum absolute atomic E-state index is 0.0823. The van der Waals surface area contributed by atoms with Crippen LogP contribution in [0.3, 0.4) is 0 Å². The predicted octanol–water partition coefficient (Wildman–Crippen LogP) is 2.80. The molecule has 1 N–H and O–H groups in total. The Morgan fingerprint density at radius 2 is 2.04 bits per heavy atom. The molecular weight excluding hydrogens is 322 g/mol. The quantitative estimate of drug-likeness (QED) is 0.847. The number of aryl methyl sites for hydroxylation is 1. The van der Waals surface area contributed by atoms with Crippen LogP contribution in [0.25, 0.3) is 0 Å². The summed E-state index contributed by atoms with van der Waals surface area (Å²) in [6, 6.07) is 8.77. The van der Waals surface area contributed by atoms with Gasteiger partial charge < -0.3 is 9.80 Å². The molecule has 0 aromatic heterocycles. The first-order valence-electron chi connectivity index (χ1n) is 9.54. The van der Waals surface area contributed by atoms with Crippen LogP contribution in [-0.2, 0) is 0 Å². The van der Waals surface area contributed by atoms with Gasteiger partial charge in [-0.25, -0.2) is 0 Å². The molecule has 1 aromatic rings. The second kappa shape index (κ2) is 6.77. The molecule has 0 aliphatic carbocycles. The number of likely N-dealkylation sites (N-methyl/N-ethyl adjacent to an activating group) is 1. The number of hydrogen-bond donors (Lipinski definition) is 1. The van der Waals surface area contributed by atoms with Crippen molar-refractivity contribution in [3.8, 4) is 6.07 Å². The van der Waals surface area contributed by atoms with Crippen LogP contribution in [0.1, 0.15) is 42.5 Å². The number of nitrogens with zero attached hydrogens (tertiary/aromatic N) is 4. The maximum absolute atomic E-state index is 9.08. The molecule has 0 bridgehead atoms. The highest BCUT2D eigenvalue weighted by atomic mass is 15.4. The van der Waals surface area contributed by atoms with E-state index in [2.05, 4.69) is 48.3 Å². The van der Waals surface area contributed by atoms with E-state index in [1.165, 1.54) is 30.5 Å².